The van der Waals surface area contributed by atoms with E-state index >= 15 is 0 Å². The van der Waals surface area contributed by atoms with Crippen molar-refractivity contribution in [3.63, 3.8) is 0 Å². The fourth-order valence-electron chi connectivity index (χ4n) is 1.29. The third-order valence-corrected chi connectivity index (χ3v) is 3.95. The van der Waals surface area contributed by atoms with Crippen molar-refractivity contribution in [3.8, 4) is 0 Å². The second-order valence-corrected chi connectivity index (χ2v) is 6.05. The first-order valence-electron chi connectivity index (χ1n) is 4.90. The van der Waals surface area contributed by atoms with E-state index in [2.05, 4.69) is 15.9 Å². The van der Waals surface area contributed by atoms with Gasteiger partial charge in [0.1, 0.15) is 0 Å². The smallest absolute Gasteiger partial charge is 0.294 e. The third-order valence-electron chi connectivity index (χ3n) is 2.04. The monoisotopic (exact) mass is 358 g/mol. The van der Waals surface area contributed by atoms with E-state index in [1.807, 2.05) is 0 Å². The first kappa shape index (κ1) is 15.9. The second kappa shape index (κ2) is 6.86. The molecule has 1 nitrogen and oxygen atoms in total. The summed E-state index contributed by atoms with van der Waals surface area (Å²) in [6.07, 6.45) is 1.96. The summed E-state index contributed by atoms with van der Waals surface area (Å²) < 4.78 is 37.3. The Bertz CT molecular complexity index is 435. The van der Waals surface area contributed by atoms with Crippen molar-refractivity contribution in [2.45, 2.75) is 21.7 Å². The number of ketones is 1. The van der Waals surface area contributed by atoms with Crippen LogP contribution in [0.4, 0.5) is 13.2 Å². The van der Waals surface area contributed by atoms with Gasteiger partial charge < -0.3 is 0 Å². The molecule has 1 rings (SSSR count). The average molecular weight is 359 g/mol. The van der Waals surface area contributed by atoms with E-state index in [0.717, 1.165) is 0 Å². The van der Waals surface area contributed by atoms with E-state index < -0.39 is 5.51 Å². The van der Waals surface area contributed by atoms with Gasteiger partial charge >= 0.3 is 5.51 Å². The molecule has 0 aromatic heterocycles. The second-order valence-electron chi connectivity index (χ2n) is 3.27. The Kier molecular flexibility index (Phi) is 6.07. The predicted molar refractivity (Wildman–Crippen MR) is 72.9 cm³/mol. The maximum atomic E-state index is 12.4. The van der Waals surface area contributed by atoms with Crippen LogP contribution in [-0.4, -0.2) is 22.9 Å². The predicted octanol–water partition coefficient (Wildman–Crippen LogP) is 4.99. The van der Waals surface area contributed by atoms with Crippen LogP contribution in [0.2, 0.25) is 0 Å². The molecule has 0 aliphatic carbocycles. The van der Waals surface area contributed by atoms with Crippen molar-refractivity contribution in [1.29, 1.82) is 0 Å². The van der Waals surface area contributed by atoms with Crippen molar-refractivity contribution < 1.29 is 18.0 Å². The zero-order valence-electron chi connectivity index (χ0n) is 9.38. The standard InChI is InChI=1S/C11H10BrF3OS2/c1-17-7-2-3-8(9(16)4-5-12)10(6-7)18-11(13,14)15/h2-3,6H,4-5H2,1H3. The molecular weight excluding hydrogens is 349 g/mol. The van der Waals surface area contributed by atoms with E-state index in [1.165, 1.54) is 23.9 Å². The molecule has 0 amide bonds. The molecule has 0 saturated heterocycles. The summed E-state index contributed by atoms with van der Waals surface area (Å²) in [6, 6.07) is 4.53. The van der Waals surface area contributed by atoms with Crippen molar-refractivity contribution in [3.05, 3.63) is 23.8 Å². The molecule has 1 aromatic carbocycles. The Morgan fingerprint density at radius 3 is 2.56 bits per heavy atom. The number of halogens is 4. The summed E-state index contributed by atoms with van der Waals surface area (Å²) >= 11 is 4.21. The van der Waals surface area contributed by atoms with Gasteiger partial charge in [-0.2, -0.15) is 13.2 Å². The van der Waals surface area contributed by atoms with Gasteiger partial charge in [0.05, 0.1) is 0 Å². The summed E-state index contributed by atoms with van der Waals surface area (Å²) in [5.74, 6) is -0.286. The van der Waals surface area contributed by atoms with Crippen LogP contribution in [0.15, 0.2) is 28.0 Å². The minimum Gasteiger partial charge on any atom is -0.294 e. The van der Waals surface area contributed by atoms with E-state index in [1.54, 1.807) is 12.3 Å². The Hall–Kier alpha value is -0.140. The van der Waals surface area contributed by atoms with E-state index in [4.69, 9.17) is 0 Å². The maximum Gasteiger partial charge on any atom is 0.446 e. The number of Topliss-reactive ketones (excluding diaryl/α,β-unsaturated/α-hetero) is 1. The molecule has 0 radical (unpaired) electrons. The molecule has 0 unspecified atom stereocenters. The van der Waals surface area contributed by atoms with Crippen LogP contribution in [0.3, 0.4) is 0 Å². The molecule has 0 spiro atoms. The topological polar surface area (TPSA) is 17.1 Å². The molecule has 0 aliphatic heterocycles. The number of carbonyl (C=O) groups excluding carboxylic acids is 1. The zero-order chi connectivity index (χ0) is 13.8. The molecule has 0 N–H and O–H groups in total. The largest absolute Gasteiger partial charge is 0.446 e. The summed E-state index contributed by atoms with van der Waals surface area (Å²) in [4.78, 5) is 12.4. The first-order chi connectivity index (χ1) is 8.37. The lowest BCUT2D eigenvalue weighted by Crippen LogP contribution is -2.06. The van der Waals surface area contributed by atoms with Gasteiger partial charge in [-0.1, -0.05) is 15.9 Å². The van der Waals surface area contributed by atoms with Crippen molar-refractivity contribution >= 4 is 45.2 Å². The van der Waals surface area contributed by atoms with Crippen LogP contribution in [0.25, 0.3) is 0 Å². The van der Waals surface area contributed by atoms with Crippen LogP contribution in [0.5, 0.6) is 0 Å². The summed E-state index contributed by atoms with van der Waals surface area (Å²) in [6.45, 7) is 0. The fourth-order valence-corrected chi connectivity index (χ4v) is 2.89. The number of hydrogen-bond donors (Lipinski definition) is 0. The van der Waals surface area contributed by atoms with Gasteiger partial charge in [-0.05, 0) is 36.2 Å². The Morgan fingerprint density at radius 1 is 1.39 bits per heavy atom. The number of thioether (sulfide) groups is 2. The maximum absolute atomic E-state index is 12.4. The fraction of sp³-hybridized carbons (Fsp3) is 0.364. The number of carbonyl (C=O) groups is 1. The highest BCUT2D eigenvalue weighted by Gasteiger charge is 2.31. The van der Waals surface area contributed by atoms with Gasteiger partial charge in [-0.3, -0.25) is 4.79 Å². The van der Waals surface area contributed by atoms with E-state index in [-0.39, 0.29) is 34.4 Å². The third kappa shape index (κ3) is 4.85. The van der Waals surface area contributed by atoms with Crippen molar-refractivity contribution in [1.82, 2.24) is 0 Å². The molecule has 18 heavy (non-hydrogen) atoms. The zero-order valence-corrected chi connectivity index (χ0v) is 12.6. The summed E-state index contributed by atoms with van der Waals surface area (Å²) in [5, 5.41) is 0.437. The van der Waals surface area contributed by atoms with Gasteiger partial charge in [-0.25, -0.2) is 0 Å². The minimum absolute atomic E-state index is 0.0275. The van der Waals surface area contributed by atoms with Gasteiger partial charge in [-0.15, -0.1) is 11.8 Å². The highest BCUT2D eigenvalue weighted by Crippen LogP contribution is 2.40. The van der Waals surface area contributed by atoms with Gasteiger partial charge in [0, 0.05) is 27.1 Å². The first-order valence-corrected chi connectivity index (χ1v) is 8.06. The lowest BCUT2D eigenvalue weighted by molar-refractivity contribution is -0.0328. The van der Waals surface area contributed by atoms with Gasteiger partial charge in [0.2, 0.25) is 0 Å². The van der Waals surface area contributed by atoms with E-state index in [0.29, 0.717) is 10.2 Å². The van der Waals surface area contributed by atoms with Crippen molar-refractivity contribution in [2.24, 2.45) is 0 Å². The van der Waals surface area contributed by atoms with Crippen LogP contribution >= 0.6 is 39.5 Å². The number of alkyl halides is 4. The SMILES string of the molecule is CSc1ccc(C(=O)CCBr)c(SC(F)(F)F)c1. The number of benzene rings is 1. The quantitative estimate of drug-likeness (QED) is 0.419. The molecular formula is C11H10BrF3OS2. The molecule has 100 valence electrons. The van der Waals surface area contributed by atoms with Crippen molar-refractivity contribution in [2.75, 3.05) is 11.6 Å². The van der Waals surface area contributed by atoms with E-state index in [9.17, 15) is 18.0 Å². The Morgan fingerprint density at radius 2 is 2.06 bits per heavy atom. The molecule has 0 heterocycles. The Labute approximate surface area is 120 Å². The van der Waals surface area contributed by atoms with Crippen LogP contribution in [-0.2, 0) is 0 Å². The number of hydrogen-bond acceptors (Lipinski definition) is 3. The molecule has 1 aromatic rings. The minimum atomic E-state index is -4.39. The normalized spacial score (nSPS) is 11.6. The molecule has 7 heteroatoms. The molecule has 0 saturated carbocycles. The molecule has 0 atom stereocenters. The highest BCUT2D eigenvalue weighted by molar-refractivity contribution is 9.09. The Balaban J connectivity index is 3.12. The van der Waals surface area contributed by atoms with Crippen LogP contribution in [0, 0.1) is 0 Å². The highest BCUT2D eigenvalue weighted by atomic mass is 79.9. The molecule has 0 fully saturated rings. The average Bonchev–Trinajstić information content (AvgIpc) is 2.27. The lowest BCUT2D eigenvalue weighted by atomic mass is 10.1. The summed E-state index contributed by atoms with van der Waals surface area (Å²) in [7, 11) is 0. The molecule has 0 aliphatic rings. The molecule has 0 bridgehead atoms. The van der Waals surface area contributed by atoms with Gasteiger partial charge in [0.25, 0.3) is 0 Å². The number of rotatable bonds is 5. The lowest BCUT2D eigenvalue weighted by Gasteiger charge is -2.11. The van der Waals surface area contributed by atoms with Crippen LogP contribution < -0.4 is 0 Å². The van der Waals surface area contributed by atoms with Crippen LogP contribution in [0.1, 0.15) is 16.8 Å². The summed E-state index contributed by atoms with van der Waals surface area (Å²) in [5.41, 5.74) is -4.25. The van der Waals surface area contributed by atoms with Gasteiger partial charge in [0.15, 0.2) is 5.78 Å².